The number of hydrogen-bond acceptors (Lipinski definition) is 6. The minimum Gasteiger partial charge on any atom is -0.483 e. The third-order valence-electron chi connectivity index (χ3n) is 3.90. The van der Waals surface area contributed by atoms with Crippen molar-refractivity contribution >= 4 is 17.7 Å². The first-order valence-corrected chi connectivity index (χ1v) is 10.0. The van der Waals surface area contributed by atoms with Gasteiger partial charge < -0.3 is 9.47 Å². The third kappa shape index (κ3) is 5.85. The SMILES string of the molecule is C=CCn1c(SCC(=O)OCC)nnc1C(C)Oc1ccc(C(C)C)cc1. The van der Waals surface area contributed by atoms with Crippen LogP contribution in [0.5, 0.6) is 5.75 Å². The van der Waals surface area contributed by atoms with E-state index >= 15 is 0 Å². The van der Waals surface area contributed by atoms with Crippen LogP contribution in [0.1, 0.15) is 51.1 Å². The number of hydrogen-bond donors (Lipinski definition) is 0. The Bertz CT molecular complexity index is 756. The number of nitrogens with zero attached hydrogens (tertiary/aromatic N) is 3. The van der Waals surface area contributed by atoms with Crippen LogP contribution in [-0.2, 0) is 16.1 Å². The van der Waals surface area contributed by atoms with E-state index in [4.69, 9.17) is 9.47 Å². The van der Waals surface area contributed by atoms with Gasteiger partial charge in [-0.25, -0.2) is 0 Å². The lowest BCUT2D eigenvalue weighted by Crippen LogP contribution is -2.13. The highest BCUT2D eigenvalue weighted by Crippen LogP contribution is 2.26. The van der Waals surface area contributed by atoms with E-state index in [1.165, 1.54) is 17.3 Å². The highest BCUT2D eigenvalue weighted by Gasteiger charge is 2.20. The van der Waals surface area contributed by atoms with Crippen LogP contribution in [0.2, 0.25) is 0 Å². The van der Waals surface area contributed by atoms with Crippen LogP contribution < -0.4 is 4.74 Å². The predicted octanol–water partition coefficient (Wildman–Crippen LogP) is 4.38. The van der Waals surface area contributed by atoms with Crippen molar-refractivity contribution in [2.45, 2.75) is 51.4 Å². The molecule has 0 aliphatic heterocycles. The number of ether oxygens (including phenoxy) is 2. The zero-order valence-corrected chi connectivity index (χ0v) is 17.2. The van der Waals surface area contributed by atoms with Crippen molar-refractivity contribution < 1.29 is 14.3 Å². The molecule has 1 aromatic carbocycles. The fraction of sp³-hybridized carbons (Fsp3) is 0.450. The van der Waals surface area contributed by atoms with Gasteiger partial charge in [-0.15, -0.1) is 16.8 Å². The summed E-state index contributed by atoms with van der Waals surface area (Å²) in [7, 11) is 0. The first-order chi connectivity index (χ1) is 13.0. The maximum absolute atomic E-state index is 11.6. The van der Waals surface area contributed by atoms with Gasteiger partial charge in [0.05, 0.1) is 12.4 Å². The number of esters is 1. The summed E-state index contributed by atoms with van der Waals surface area (Å²) in [4.78, 5) is 11.6. The molecule has 2 rings (SSSR count). The van der Waals surface area contributed by atoms with Crippen molar-refractivity contribution in [1.29, 1.82) is 0 Å². The van der Waals surface area contributed by atoms with Crippen LogP contribution in [0.3, 0.4) is 0 Å². The molecule has 0 amide bonds. The molecule has 0 N–H and O–H groups in total. The number of aromatic nitrogens is 3. The van der Waals surface area contributed by atoms with E-state index in [0.29, 0.717) is 30.1 Å². The summed E-state index contributed by atoms with van der Waals surface area (Å²) in [5, 5.41) is 9.12. The maximum Gasteiger partial charge on any atom is 0.316 e. The molecule has 1 unspecified atom stereocenters. The second kappa shape index (κ2) is 10.2. The van der Waals surface area contributed by atoms with Gasteiger partial charge in [0.15, 0.2) is 17.1 Å². The molecule has 0 radical (unpaired) electrons. The topological polar surface area (TPSA) is 66.2 Å². The van der Waals surface area contributed by atoms with Gasteiger partial charge in [0, 0.05) is 6.54 Å². The van der Waals surface area contributed by atoms with E-state index in [9.17, 15) is 4.79 Å². The van der Waals surface area contributed by atoms with Crippen LogP contribution in [-0.4, -0.2) is 33.1 Å². The van der Waals surface area contributed by atoms with Crippen molar-refractivity contribution in [3.8, 4) is 5.75 Å². The molecule has 1 aromatic heterocycles. The molecular weight excluding hydrogens is 362 g/mol. The van der Waals surface area contributed by atoms with E-state index in [0.717, 1.165) is 5.75 Å². The van der Waals surface area contributed by atoms with E-state index in [1.807, 2.05) is 23.6 Å². The first-order valence-electron chi connectivity index (χ1n) is 9.05. The Balaban J connectivity index is 2.11. The summed E-state index contributed by atoms with van der Waals surface area (Å²) >= 11 is 1.30. The number of allylic oxidation sites excluding steroid dienone is 1. The standard InChI is InChI=1S/C20H27N3O3S/c1-6-12-23-19(21-22-20(23)27-13-18(24)25-7-2)15(5)26-17-10-8-16(9-11-17)14(3)4/h6,8-11,14-15H,1,7,12-13H2,2-5H3. The monoisotopic (exact) mass is 389 g/mol. The fourth-order valence-electron chi connectivity index (χ4n) is 2.52. The van der Waals surface area contributed by atoms with Gasteiger partial charge >= 0.3 is 5.97 Å². The number of carbonyl (C=O) groups excluding carboxylic acids is 1. The Morgan fingerprint density at radius 1 is 1.26 bits per heavy atom. The number of rotatable bonds is 10. The molecule has 0 fully saturated rings. The highest BCUT2D eigenvalue weighted by atomic mass is 32.2. The molecule has 146 valence electrons. The third-order valence-corrected chi connectivity index (χ3v) is 4.85. The molecule has 0 aliphatic carbocycles. The molecule has 0 saturated carbocycles. The van der Waals surface area contributed by atoms with Crippen LogP contribution in [0.25, 0.3) is 0 Å². The Labute approximate surface area is 165 Å². The van der Waals surface area contributed by atoms with Crippen LogP contribution in [0, 0.1) is 0 Å². The molecule has 1 heterocycles. The lowest BCUT2D eigenvalue weighted by molar-refractivity contribution is -0.139. The second-order valence-corrected chi connectivity index (χ2v) is 7.26. The summed E-state index contributed by atoms with van der Waals surface area (Å²) in [5.41, 5.74) is 1.27. The summed E-state index contributed by atoms with van der Waals surface area (Å²) in [5.74, 6) is 1.86. The minimum absolute atomic E-state index is 0.190. The maximum atomic E-state index is 11.6. The zero-order valence-electron chi connectivity index (χ0n) is 16.3. The van der Waals surface area contributed by atoms with E-state index in [-0.39, 0.29) is 17.8 Å². The zero-order chi connectivity index (χ0) is 19.8. The molecule has 1 atom stereocenters. The minimum atomic E-state index is -0.292. The van der Waals surface area contributed by atoms with Gasteiger partial charge in [0.2, 0.25) is 0 Å². The highest BCUT2D eigenvalue weighted by molar-refractivity contribution is 7.99. The van der Waals surface area contributed by atoms with Gasteiger partial charge in [-0.05, 0) is 37.5 Å². The van der Waals surface area contributed by atoms with Gasteiger partial charge in [0.1, 0.15) is 5.75 Å². The Hall–Kier alpha value is -2.28. The van der Waals surface area contributed by atoms with Crippen molar-refractivity contribution in [3.05, 3.63) is 48.3 Å². The molecule has 2 aromatic rings. The quantitative estimate of drug-likeness (QED) is 0.341. The van der Waals surface area contributed by atoms with E-state index in [2.05, 4.69) is 42.8 Å². The first kappa shape index (κ1) is 21.0. The summed E-state index contributed by atoms with van der Waals surface area (Å²) in [6.45, 7) is 12.7. The molecule has 0 aliphatic rings. The van der Waals surface area contributed by atoms with Gasteiger partial charge in [0.25, 0.3) is 0 Å². The number of benzene rings is 1. The molecule has 0 bridgehead atoms. The summed E-state index contributed by atoms with van der Waals surface area (Å²) < 4.78 is 12.9. The summed E-state index contributed by atoms with van der Waals surface area (Å²) in [6, 6.07) is 8.08. The smallest absolute Gasteiger partial charge is 0.316 e. The predicted molar refractivity (Wildman–Crippen MR) is 107 cm³/mol. The van der Waals surface area contributed by atoms with Crippen LogP contribution in [0.15, 0.2) is 42.1 Å². The Morgan fingerprint density at radius 2 is 1.96 bits per heavy atom. The number of carbonyl (C=O) groups is 1. The van der Waals surface area contributed by atoms with Crippen molar-refractivity contribution in [2.75, 3.05) is 12.4 Å². The lowest BCUT2D eigenvalue weighted by Gasteiger charge is -2.16. The fourth-order valence-corrected chi connectivity index (χ4v) is 3.28. The molecule has 7 heteroatoms. The average Bonchev–Trinajstić information content (AvgIpc) is 3.04. The second-order valence-electron chi connectivity index (χ2n) is 6.32. The normalized spacial score (nSPS) is 12.0. The molecule has 0 spiro atoms. The Morgan fingerprint density at radius 3 is 2.56 bits per heavy atom. The van der Waals surface area contributed by atoms with Crippen molar-refractivity contribution in [3.63, 3.8) is 0 Å². The summed E-state index contributed by atoms with van der Waals surface area (Å²) in [6.07, 6.45) is 1.48. The molecule has 27 heavy (non-hydrogen) atoms. The molecule has 6 nitrogen and oxygen atoms in total. The van der Waals surface area contributed by atoms with E-state index in [1.54, 1.807) is 13.0 Å². The van der Waals surface area contributed by atoms with Crippen molar-refractivity contribution in [1.82, 2.24) is 14.8 Å². The van der Waals surface area contributed by atoms with Gasteiger partial charge in [-0.1, -0.05) is 43.8 Å². The molecular formula is C20H27N3O3S. The van der Waals surface area contributed by atoms with Gasteiger partial charge in [-0.3, -0.25) is 9.36 Å². The lowest BCUT2D eigenvalue weighted by atomic mass is 10.0. The molecule has 0 saturated heterocycles. The Kier molecular flexibility index (Phi) is 7.91. The average molecular weight is 390 g/mol. The van der Waals surface area contributed by atoms with Crippen LogP contribution in [0.4, 0.5) is 0 Å². The van der Waals surface area contributed by atoms with Gasteiger partial charge in [-0.2, -0.15) is 0 Å². The van der Waals surface area contributed by atoms with Crippen LogP contribution >= 0.6 is 11.8 Å². The number of thioether (sulfide) groups is 1. The largest absolute Gasteiger partial charge is 0.483 e. The van der Waals surface area contributed by atoms with Crippen molar-refractivity contribution in [2.24, 2.45) is 0 Å². The van der Waals surface area contributed by atoms with E-state index < -0.39 is 0 Å².